The maximum absolute atomic E-state index is 4.71. The number of hydrogen-bond acceptors (Lipinski definition) is 3. The third kappa shape index (κ3) is 2.25. The lowest BCUT2D eigenvalue weighted by Gasteiger charge is -2.04. The van der Waals surface area contributed by atoms with E-state index in [9.17, 15) is 0 Å². The van der Waals surface area contributed by atoms with Gasteiger partial charge in [0, 0.05) is 26.0 Å². The summed E-state index contributed by atoms with van der Waals surface area (Å²) >= 11 is 3.64. The van der Waals surface area contributed by atoms with Crippen LogP contribution in [0.2, 0.25) is 0 Å². The molecule has 0 unspecified atom stereocenters. The molecule has 5 rings (SSSR count). The largest absolute Gasteiger partial charge is 0.255 e. The summed E-state index contributed by atoms with van der Waals surface area (Å²) in [5.41, 5.74) is 2.29. The van der Waals surface area contributed by atoms with Gasteiger partial charge in [0.15, 0.2) is 0 Å². The van der Waals surface area contributed by atoms with Crippen LogP contribution in [0.1, 0.15) is 0 Å². The minimum atomic E-state index is 1.07. The van der Waals surface area contributed by atoms with Gasteiger partial charge in [-0.2, -0.15) is 0 Å². The fraction of sp³-hybridized carbons (Fsp3) is 0. The zero-order valence-electron chi connectivity index (χ0n) is 12.8. The molecular weight excluding hydrogens is 330 g/mol. The summed E-state index contributed by atoms with van der Waals surface area (Å²) in [4.78, 5) is 7.21. The van der Waals surface area contributed by atoms with Crippen LogP contribution in [0.4, 0.5) is 0 Å². The number of hydrogen-bond donors (Lipinski definition) is 0. The Morgan fingerprint density at radius 3 is 1.96 bits per heavy atom. The first kappa shape index (κ1) is 13.9. The van der Waals surface area contributed by atoms with Gasteiger partial charge in [0.05, 0.1) is 10.6 Å². The summed E-state index contributed by atoms with van der Waals surface area (Å²) < 4.78 is 2.62. The predicted octanol–water partition coefficient (Wildman–Crippen LogP) is 6.85. The highest BCUT2D eigenvalue weighted by atomic mass is 32.1. The van der Waals surface area contributed by atoms with Gasteiger partial charge in [0.1, 0.15) is 0 Å². The molecule has 0 N–H and O–H groups in total. The molecule has 0 spiro atoms. The van der Waals surface area contributed by atoms with Crippen molar-refractivity contribution in [3.05, 3.63) is 79.0 Å². The molecule has 3 heteroatoms. The van der Waals surface area contributed by atoms with Crippen molar-refractivity contribution in [1.29, 1.82) is 0 Å². The average Bonchev–Trinajstić information content (AvgIpc) is 3.25. The smallest absolute Gasteiger partial charge is 0.0888 e. The normalized spacial score (nSPS) is 11.3. The lowest BCUT2D eigenvalue weighted by molar-refractivity contribution is 1.34. The van der Waals surface area contributed by atoms with Gasteiger partial charge in [-0.1, -0.05) is 36.4 Å². The molecule has 0 atom stereocenters. The molecule has 2 aromatic carbocycles. The summed E-state index contributed by atoms with van der Waals surface area (Å²) in [7, 11) is 0. The summed E-state index contributed by atoms with van der Waals surface area (Å²) in [6.07, 6.45) is 1.89. The summed E-state index contributed by atoms with van der Waals surface area (Å²) in [6.45, 7) is 0. The second kappa shape index (κ2) is 5.55. The molecule has 0 aliphatic rings. The maximum Gasteiger partial charge on any atom is 0.0888 e. The molecular formula is C21H13NS2. The number of benzene rings is 2. The van der Waals surface area contributed by atoms with Crippen molar-refractivity contribution in [2.75, 3.05) is 0 Å². The third-order valence-corrected chi connectivity index (χ3v) is 6.43. The van der Waals surface area contributed by atoms with Gasteiger partial charge in [-0.15, -0.1) is 22.7 Å². The Kier molecular flexibility index (Phi) is 3.21. The van der Waals surface area contributed by atoms with Crippen LogP contribution < -0.4 is 0 Å². The Bertz CT molecular complexity index is 1010. The summed E-state index contributed by atoms with van der Waals surface area (Å²) in [5, 5.41) is 2.58. The Morgan fingerprint density at radius 1 is 0.625 bits per heavy atom. The van der Waals surface area contributed by atoms with Crippen LogP contribution in [0.15, 0.2) is 79.0 Å². The van der Waals surface area contributed by atoms with E-state index in [0.29, 0.717) is 0 Å². The SMILES string of the molecule is c1cnc(-c2cc3ccccc3s2)c(-c2cc3ccccc3s2)c1. The van der Waals surface area contributed by atoms with Crippen molar-refractivity contribution in [1.82, 2.24) is 4.98 Å². The predicted molar refractivity (Wildman–Crippen MR) is 106 cm³/mol. The van der Waals surface area contributed by atoms with Crippen LogP contribution in [0, 0.1) is 0 Å². The summed E-state index contributed by atoms with van der Waals surface area (Å²) in [6, 6.07) is 25.8. The Balaban J connectivity index is 1.72. The van der Waals surface area contributed by atoms with Gasteiger partial charge in [0.25, 0.3) is 0 Å². The lowest BCUT2D eigenvalue weighted by atomic mass is 10.1. The van der Waals surface area contributed by atoms with Crippen molar-refractivity contribution >= 4 is 42.8 Å². The van der Waals surface area contributed by atoms with Crippen molar-refractivity contribution in [2.45, 2.75) is 0 Å². The minimum Gasteiger partial charge on any atom is -0.255 e. The van der Waals surface area contributed by atoms with E-state index in [-0.39, 0.29) is 0 Å². The fourth-order valence-electron chi connectivity index (χ4n) is 3.01. The first-order chi connectivity index (χ1) is 11.9. The van der Waals surface area contributed by atoms with Gasteiger partial charge in [0.2, 0.25) is 0 Å². The molecule has 1 nitrogen and oxygen atoms in total. The van der Waals surface area contributed by atoms with Crippen molar-refractivity contribution in [2.24, 2.45) is 0 Å². The number of pyridine rings is 1. The topological polar surface area (TPSA) is 12.9 Å². The van der Waals surface area contributed by atoms with Crippen LogP contribution in [-0.4, -0.2) is 4.98 Å². The van der Waals surface area contributed by atoms with Crippen LogP contribution in [-0.2, 0) is 0 Å². The van der Waals surface area contributed by atoms with E-state index in [4.69, 9.17) is 4.98 Å². The van der Waals surface area contributed by atoms with Gasteiger partial charge >= 0.3 is 0 Å². The van der Waals surface area contributed by atoms with Crippen LogP contribution in [0.3, 0.4) is 0 Å². The molecule has 0 amide bonds. The minimum absolute atomic E-state index is 1.07. The third-order valence-electron chi connectivity index (χ3n) is 4.16. The number of nitrogens with zero attached hydrogens (tertiary/aromatic N) is 1. The molecule has 5 aromatic rings. The van der Waals surface area contributed by atoms with Gasteiger partial charge in [-0.25, -0.2) is 0 Å². The fourth-order valence-corrected chi connectivity index (χ4v) is 5.18. The average molecular weight is 343 g/mol. The van der Waals surface area contributed by atoms with E-state index in [1.165, 1.54) is 35.5 Å². The maximum atomic E-state index is 4.71. The zero-order chi connectivity index (χ0) is 15.9. The molecule has 3 aromatic heterocycles. The molecule has 0 saturated heterocycles. The molecule has 0 fully saturated rings. The molecule has 24 heavy (non-hydrogen) atoms. The second-order valence-corrected chi connectivity index (χ2v) is 7.86. The highest BCUT2D eigenvalue weighted by Crippen LogP contribution is 2.41. The number of rotatable bonds is 2. The first-order valence-corrected chi connectivity index (χ1v) is 9.45. The standard InChI is InChI=1S/C21H13NS2/c1-3-9-17-14(6-1)12-19(23-17)16-8-5-11-22-21(16)20-13-15-7-2-4-10-18(15)24-20/h1-13H. The van der Waals surface area contributed by atoms with Crippen molar-refractivity contribution < 1.29 is 0 Å². The Morgan fingerprint density at radius 2 is 1.25 bits per heavy atom. The quantitative estimate of drug-likeness (QED) is 0.342. The van der Waals surface area contributed by atoms with E-state index in [1.54, 1.807) is 0 Å². The highest BCUT2D eigenvalue weighted by molar-refractivity contribution is 7.23. The number of thiophene rings is 2. The lowest BCUT2D eigenvalue weighted by Crippen LogP contribution is -1.83. The number of aromatic nitrogens is 1. The van der Waals surface area contributed by atoms with E-state index in [1.807, 2.05) is 34.9 Å². The molecule has 0 bridgehead atoms. The molecule has 3 heterocycles. The molecule has 0 aliphatic heterocycles. The van der Waals surface area contributed by atoms with E-state index in [2.05, 4.69) is 66.7 Å². The van der Waals surface area contributed by atoms with Crippen LogP contribution >= 0.6 is 22.7 Å². The molecule has 114 valence electrons. The Hall–Kier alpha value is -2.49. The van der Waals surface area contributed by atoms with E-state index >= 15 is 0 Å². The van der Waals surface area contributed by atoms with E-state index < -0.39 is 0 Å². The van der Waals surface area contributed by atoms with Gasteiger partial charge in [-0.3, -0.25) is 4.98 Å². The van der Waals surface area contributed by atoms with Crippen LogP contribution in [0.25, 0.3) is 41.2 Å². The number of fused-ring (bicyclic) bond motifs is 2. The first-order valence-electron chi connectivity index (χ1n) is 7.81. The second-order valence-electron chi connectivity index (χ2n) is 5.70. The monoisotopic (exact) mass is 343 g/mol. The highest BCUT2D eigenvalue weighted by Gasteiger charge is 2.13. The van der Waals surface area contributed by atoms with Gasteiger partial charge < -0.3 is 0 Å². The summed E-state index contributed by atoms with van der Waals surface area (Å²) in [5.74, 6) is 0. The molecule has 0 radical (unpaired) electrons. The Labute approximate surface area is 147 Å². The van der Waals surface area contributed by atoms with Crippen LogP contribution in [0.5, 0.6) is 0 Å². The molecule has 0 saturated carbocycles. The van der Waals surface area contributed by atoms with E-state index in [0.717, 1.165) is 5.69 Å². The zero-order valence-corrected chi connectivity index (χ0v) is 14.4. The van der Waals surface area contributed by atoms with Crippen molar-refractivity contribution in [3.63, 3.8) is 0 Å². The van der Waals surface area contributed by atoms with Crippen molar-refractivity contribution in [3.8, 4) is 21.0 Å². The molecule has 0 aliphatic carbocycles. The van der Waals surface area contributed by atoms with Gasteiger partial charge in [-0.05, 0) is 47.2 Å².